The minimum atomic E-state index is -0.713. The maximum absolute atomic E-state index is 12.4. The Morgan fingerprint density at radius 2 is 1.79 bits per heavy atom. The highest BCUT2D eigenvalue weighted by molar-refractivity contribution is 6.44. The number of benzene rings is 2. The Morgan fingerprint density at radius 1 is 1.03 bits per heavy atom. The number of aryl methyl sites for hydroxylation is 1. The molecular formula is C24H26N4O5. The Hall–Kier alpha value is -4.14. The van der Waals surface area contributed by atoms with Crippen molar-refractivity contribution in [2.45, 2.75) is 13.5 Å². The van der Waals surface area contributed by atoms with Crippen molar-refractivity contribution in [1.29, 1.82) is 0 Å². The van der Waals surface area contributed by atoms with Crippen LogP contribution in [0.15, 0.2) is 60.0 Å². The summed E-state index contributed by atoms with van der Waals surface area (Å²) >= 11 is 0. The normalized spacial score (nSPS) is 11.0. The molecule has 2 aromatic carbocycles. The average molecular weight is 450 g/mol. The van der Waals surface area contributed by atoms with Gasteiger partial charge in [0.05, 0.1) is 7.11 Å². The zero-order chi connectivity index (χ0) is 23.8. The van der Waals surface area contributed by atoms with Crippen LogP contribution < -0.4 is 14.4 Å². The van der Waals surface area contributed by atoms with Gasteiger partial charge in [-0.25, -0.2) is 14.8 Å². The Kier molecular flexibility index (Phi) is 7.80. The number of aromatic nitrogens is 2. The lowest BCUT2D eigenvalue weighted by molar-refractivity contribution is -0.132. The molecule has 3 aromatic rings. The minimum absolute atomic E-state index is 0.117. The molecule has 0 aliphatic heterocycles. The lowest BCUT2D eigenvalue weighted by Gasteiger charge is -2.18. The number of oxime groups is 1. The van der Waals surface area contributed by atoms with E-state index in [4.69, 9.17) is 19.0 Å². The fraction of sp³-hybridized carbons (Fsp3) is 0.250. The van der Waals surface area contributed by atoms with E-state index in [1.54, 1.807) is 37.2 Å². The first-order valence-corrected chi connectivity index (χ1v) is 10.1. The van der Waals surface area contributed by atoms with Gasteiger partial charge in [0, 0.05) is 20.2 Å². The molecule has 0 aliphatic carbocycles. The topological polar surface area (TPSA) is 95.4 Å². The van der Waals surface area contributed by atoms with Gasteiger partial charge in [-0.05, 0) is 30.2 Å². The van der Waals surface area contributed by atoms with E-state index in [9.17, 15) is 4.79 Å². The van der Waals surface area contributed by atoms with Crippen LogP contribution in [0.4, 0.5) is 5.82 Å². The van der Waals surface area contributed by atoms with Crippen molar-refractivity contribution in [1.82, 2.24) is 9.97 Å². The summed E-state index contributed by atoms with van der Waals surface area (Å²) in [5.74, 6) is 0.899. The van der Waals surface area contributed by atoms with Crippen LogP contribution in [0.1, 0.15) is 16.7 Å². The third kappa shape index (κ3) is 5.76. The van der Waals surface area contributed by atoms with Crippen molar-refractivity contribution in [3.63, 3.8) is 0 Å². The summed E-state index contributed by atoms with van der Waals surface area (Å²) in [4.78, 5) is 27.5. The molecule has 0 radical (unpaired) electrons. The van der Waals surface area contributed by atoms with Crippen molar-refractivity contribution in [2.75, 3.05) is 33.2 Å². The molecule has 0 bridgehead atoms. The fourth-order valence-corrected chi connectivity index (χ4v) is 3.03. The minimum Gasteiger partial charge on any atom is -0.489 e. The molecule has 0 aliphatic rings. The quantitative estimate of drug-likeness (QED) is 0.276. The van der Waals surface area contributed by atoms with Crippen LogP contribution >= 0.6 is 0 Å². The second-order valence-corrected chi connectivity index (χ2v) is 7.18. The van der Waals surface area contributed by atoms with Crippen LogP contribution in [-0.4, -0.2) is 50.0 Å². The molecule has 9 nitrogen and oxygen atoms in total. The smallest absolute Gasteiger partial charge is 0.361 e. The maximum atomic E-state index is 12.4. The van der Waals surface area contributed by atoms with Gasteiger partial charge < -0.3 is 23.9 Å². The molecule has 0 fully saturated rings. The van der Waals surface area contributed by atoms with Crippen LogP contribution in [0.2, 0.25) is 0 Å². The summed E-state index contributed by atoms with van der Waals surface area (Å²) in [6.07, 6.45) is 1.34. The lowest BCUT2D eigenvalue weighted by Crippen LogP contribution is -2.24. The molecule has 33 heavy (non-hydrogen) atoms. The van der Waals surface area contributed by atoms with Gasteiger partial charge in [-0.1, -0.05) is 35.5 Å². The highest BCUT2D eigenvalue weighted by Crippen LogP contribution is 2.31. The highest BCUT2D eigenvalue weighted by Gasteiger charge is 2.27. The highest BCUT2D eigenvalue weighted by atomic mass is 16.6. The summed E-state index contributed by atoms with van der Waals surface area (Å²) < 4.78 is 16.8. The van der Waals surface area contributed by atoms with Gasteiger partial charge in [0.2, 0.25) is 11.6 Å². The van der Waals surface area contributed by atoms with E-state index in [0.29, 0.717) is 23.9 Å². The standard InChI is InChI=1S/C24H26N4O5/c1-16-9-6-7-10-17(16)14-32-18-11-8-12-19(13-18)33-23-20(21(27-31-5)24(29)30-4)22(28(2)3)25-15-26-23/h6-13,15H,14H2,1-5H3. The zero-order valence-electron chi connectivity index (χ0n) is 19.2. The van der Waals surface area contributed by atoms with Crippen LogP contribution in [0, 0.1) is 6.92 Å². The number of anilines is 1. The van der Waals surface area contributed by atoms with Gasteiger partial charge in [-0.2, -0.15) is 0 Å². The van der Waals surface area contributed by atoms with Gasteiger partial charge in [0.1, 0.15) is 42.9 Å². The second-order valence-electron chi connectivity index (χ2n) is 7.18. The summed E-state index contributed by atoms with van der Waals surface area (Å²) in [5, 5.41) is 3.83. The third-order valence-corrected chi connectivity index (χ3v) is 4.69. The lowest BCUT2D eigenvalue weighted by atomic mass is 10.1. The monoisotopic (exact) mass is 450 g/mol. The Bertz CT molecular complexity index is 1150. The molecule has 0 spiro atoms. The van der Waals surface area contributed by atoms with Gasteiger partial charge in [-0.15, -0.1) is 0 Å². The molecule has 0 amide bonds. The van der Waals surface area contributed by atoms with Gasteiger partial charge in [0.15, 0.2) is 0 Å². The number of methoxy groups -OCH3 is 1. The van der Waals surface area contributed by atoms with Gasteiger partial charge >= 0.3 is 5.97 Å². The Labute approximate surface area is 192 Å². The number of hydrogen-bond donors (Lipinski definition) is 0. The molecule has 172 valence electrons. The number of rotatable bonds is 9. The van der Waals surface area contributed by atoms with Gasteiger partial charge in [0.25, 0.3) is 0 Å². The van der Waals surface area contributed by atoms with Crippen molar-refractivity contribution in [3.8, 4) is 17.4 Å². The van der Waals surface area contributed by atoms with Crippen LogP contribution in [-0.2, 0) is 21.0 Å². The van der Waals surface area contributed by atoms with E-state index < -0.39 is 5.97 Å². The largest absolute Gasteiger partial charge is 0.489 e. The second kappa shape index (κ2) is 10.9. The number of carbonyl (C=O) groups excluding carboxylic acids is 1. The predicted octanol–water partition coefficient (Wildman–Crippen LogP) is 3.75. The number of nitrogens with zero attached hydrogens (tertiary/aromatic N) is 4. The summed E-state index contributed by atoms with van der Waals surface area (Å²) in [6, 6.07) is 15.2. The van der Waals surface area contributed by atoms with Crippen molar-refractivity contribution in [2.24, 2.45) is 5.16 Å². The number of hydrogen-bond acceptors (Lipinski definition) is 9. The van der Waals surface area contributed by atoms with E-state index in [1.807, 2.05) is 37.3 Å². The first-order chi connectivity index (χ1) is 15.9. The molecule has 0 saturated heterocycles. The Balaban J connectivity index is 1.93. The van der Waals surface area contributed by atoms with E-state index in [-0.39, 0.29) is 17.2 Å². The fourth-order valence-electron chi connectivity index (χ4n) is 3.03. The predicted molar refractivity (Wildman–Crippen MR) is 124 cm³/mol. The van der Waals surface area contributed by atoms with E-state index in [0.717, 1.165) is 11.1 Å². The number of esters is 1. The molecular weight excluding hydrogens is 424 g/mol. The van der Waals surface area contributed by atoms with Crippen molar-refractivity contribution >= 4 is 17.5 Å². The maximum Gasteiger partial charge on any atom is 0.361 e. The van der Waals surface area contributed by atoms with Gasteiger partial charge in [-0.3, -0.25) is 0 Å². The molecule has 9 heteroatoms. The first-order valence-electron chi connectivity index (χ1n) is 10.1. The van der Waals surface area contributed by atoms with E-state index in [1.165, 1.54) is 20.5 Å². The number of carbonyl (C=O) groups is 1. The molecule has 0 N–H and O–H groups in total. The Morgan fingerprint density at radius 3 is 2.48 bits per heavy atom. The summed E-state index contributed by atoms with van der Waals surface area (Å²) in [7, 11) is 6.13. The van der Waals surface area contributed by atoms with E-state index in [2.05, 4.69) is 15.1 Å². The molecule has 3 rings (SSSR count). The molecule has 0 atom stereocenters. The van der Waals surface area contributed by atoms with E-state index >= 15 is 0 Å². The van der Waals surface area contributed by atoms with Crippen molar-refractivity contribution < 1.29 is 23.8 Å². The summed E-state index contributed by atoms with van der Waals surface area (Å²) in [5.41, 5.74) is 2.37. The zero-order valence-corrected chi connectivity index (χ0v) is 19.2. The molecule has 1 aromatic heterocycles. The SMILES string of the molecule is CON=C(C(=O)OC)c1c(Oc2cccc(OCc3ccccc3C)c2)ncnc1N(C)C. The third-order valence-electron chi connectivity index (χ3n) is 4.69. The van der Waals surface area contributed by atoms with Crippen LogP contribution in [0.25, 0.3) is 0 Å². The summed E-state index contributed by atoms with van der Waals surface area (Å²) in [6.45, 7) is 2.46. The molecule has 0 saturated carbocycles. The van der Waals surface area contributed by atoms with Crippen molar-refractivity contribution in [3.05, 3.63) is 71.5 Å². The average Bonchev–Trinajstić information content (AvgIpc) is 2.82. The molecule has 1 heterocycles. The first kappa shape index (κ1) is 23.5. The molecule has 0 unspecified atom stereocenters. The van der Waals surface area contributed by atoms with Crippen LogP contribution in [0.3, 0.4) is 0 Å². The van der Waals surface area contributed by atoms with Crippen LogP contribution in [0.5, 0.6) is 17.4 Å². The number of ether oxygens (including phenoxy) is 3.